The van der Waals surface area contributed by atoms with E-state index in [1.165, 1.54) is 0 Å². The lowest BCUT2D eigenvalue weighted by molar-refractivity contribution is -0.00545. The van der Waals surface area contributed by atoms with Gasteiger partial charge in [-0.15, -0.1) is 10.2 Å². The van der Waals surface area contributed by atoms with Crippen molar-refractivity contribution in [3.8, 4) is 0 Å². The van der Waals surface area contributed by atoms with E-state index in [1.807, 2.05) is 40.9 Å². The first kappa shape index (κ1) is 18.2. The molecule has 1 aliphatic heterocycles. The van der Waals surface area contributed by atoms with E-state index in [1.54, 1.807) is 6.20 Å². The zero-order chi connectivity index (χ0) is 19.5. The number of ether oxygens (including phenoxy) is 1. The van der Waals surface area contributed by atoms with Crippen molar-refractivity contribution in [3.63, 3.8) is 0 Å². The van der Waals surface area contributed by atoms with Crippen LogP contribution < -0.4 is 15.5 Å². The first-order valence-electron chi connectivity index (χ1n) is 9.28. The van der Waals surface area contributed by atoms with E-state index in [0.717, 1.165) is 24.6 Å². The fourth-order valence-corrected chi connectivity index (χ4v) is 3.36. The molecule has 0 spiro atoms. The molecule has 2 unspecified atom stereocenters. The van der Waals surface area contributed by atoms with Gasteiger partial charge in [0.25, 0.3) is 0 Å². The second-order valence-electron chi connectivity index (χ2n) is 6.92. The summed E-state index contributed by atoms with van der Waals surface area (Å²) < 4.78 is 7.59. The van der Waals surface area contributed by atoms with Gasteiger partial charge in [-0.25, -0.2) is 9.78 Å². The Kier molecular flexibility index (Phi) is 5.07. The largest absolute Gasteiger partial charge is 0.372 e. The molecule has 1 saturated heterocycles. The molecule has 9 nitrogen and oxygen atoms in total. The summed E-state index contributed by atoms with van der Waals surface area (Å²) in [7, 11) is 0. The van der Waals surface area contributed by atoms with Crippen molar-refractivity contribution in [2.24, 2.45) is 0 Å². The highest BCUT2D eigenvalue weighted by Gasteiger charge is 2.23. The summed E-state index contributed by atoms with van der Waals surface area (Å²) in [4.78, 5) is 18.9. The van der Waals surface area contributed by atoms with Crippen LogP contribution in [-0.2, 0) is 11.3 Å². The van der Waals surface area contributed by atoms with Gasteiger partial charge in [0, 0.05) is 19.3 Å². The van der Waals surface area contributed by atoms with Crippen LogP contribution in [0, 0.1) is 0 Å². The van der Waals surface area contributed by atoms with E-state index in [2.05, 4.69) is 44.6 Å². The summed E-state index contributed by atoms with van der Waals surface area (Å²) in [6, 6.07) is 9.08. The van der Waals surface area contributed by atoms with Crippen LogP contribution in [0.5, 0.6) is 0 Å². The lowest BCUT2D eigenvalue weighted by Crippen LogP contribution is -2.45. The minimum absolute atomic E-state index is 0.169. The van der Waals surface area contributed by atoms with Crippen LogP contribution in [0.3, 0.4) is 0 Å². The molecule has 0 bridgehead atoms. The van der Waals surface area contributed by atoms with E-state index in [-0.39, 0.29) is 24.8 Å². The third-order valence-electron chi connectivity index (χ3n) is 4.54. The van der Waals surface area contributed by atoms with Gasteiger partial charge in [0.1, 0.15) is 5.82 Å². The molecule has 28 heavy (non-hydrogen) atoms. The summed E-state index contributed by atoms with van der Waals surface area (Å²) in [5.41, 5.74) is 1.37. The molecular weight excluding hydrogens is 358 g/mol. The zero-order valence-electron chi connectivity index (χ0n) is 15.9. The number of rotatable bonds is 4. The Bertz CT molecular complexity index is 946. The number of anilines is 2. The molecule has 1 fully saturated rings. The van der Waals surface area contributed by atoms with Crippen LogP contribution in [0.2, 0.25) is 0 Å². The van der Waals surface area contributed by atoms with Crippen molar-refractivity contribution in [2.45, 2.75) is 32.6 Å². The number of nitrogens with one attached hydrogen (secondary N) is 2. The topological polar surface area (TPSA) is 96.7 Å². The van der Waals surface area contributed by atoms with Crippen LogP contribution in [0.15, 0.2) is 42.7 Å². The van der Waals surface area contributed by atoms with Gasteiger partial charge in [-0.2, -0.15) is 0 Å². The highest BCUT2D eigenvalue weighted by atomic mass is 16.5. The minimum atomic E-state index is -0.323. The molecule has 9 heteroatoms. The molecule has 3 aromatic rings. The van der Waals surface area contributed by atoms with Crippen molar-refractivity contribution in [1.82, 2.24) is 24.9 Å². The minimum Gasteiger partial charge on any atom is -0.372 e. The number of hydrogen-bond acceptors (Lipinski definition) is 6. The third kappa shape index (κ3) is 4.04. The van der Waals surface area contributed by atoms with Crippen LogP contribution in [-0.4, -0.2) is 50.9 Å². The second kappa shape index (κ2) is 7.81. The highest BCUT2D eigenvalue weighted by molar-refractivity contribution is 5.89. The number of aromatic nitrogens is 4. The summed E-state index contributed by atoms with van der Waals surface area (Å²) in [5, 5.41) is 13.7. The number of carbonyl (C=O) groups is 1. The van der Waals surface area contributed by atoms with Crippen molar-refractivity contribution in [3.05, 3.63) is 48.5 Å². The summed E-state index contributed by atoms with van der Waals surface area (Å²) in [6.45, 7) is 5.99. The van der Waals surface area contributed by atoms with Gasteiger partial charge in [-0.3, -0.25) is 4.40 Å². The Morgan fingerprint density at radius 3 is 2.75 bits per heavy atom. The summed E-state index contributed by atoms with van der Waals surface area (Å²) >= 11 is 0. The molecule has 0 aromatic carbocycles. The highest BCUT2D eigenvalue weighted by Crippen LogP contribution is 2.19. The van der Waals surface area contributed by atoms with Gasteiger partial charge in [0.15, 0.2) is 11.5 Å². The summed E-state index contributed by atoms with van der Waals surface area (Å²) in [6.07, 6.45) is 3.86. The quantitative estimate of drug-likeness (QED) is 0.718. The molecule has 1 aliphatic rings. The average Bonchev–Trinajstić information content (AvgIpc) is 3.09. The molecule has 4 rings (SSSR count). The summed E-state index contributed by atoms with van der Waals surface area (Å²) in [5.74, 6) is 1.54. The number of carbonyl (C=O) groups excluding carboxylic acids is 1. The maximum Gasteiger partial charge on any atom is 0.319 e. The van der Waals surface area contributed by atoms with Crippen molar-refractivity contribution in [1.29, 1.82) is 0 Å². The number of pyridine rings is 2. The molecule has 2 N–H and O–H groups in total. The number of morpholine rings is 1. The monoisotopic (exact) mass is 381 g/mol. The molecule has 2 amide bonds. The first-order chi connectivity index (χ1) is 13.6. The average molecular weight is 381 g/mol. The molecular formula is C19H23N7O2. The fourth-order valence-electron chi connectivity index (χ4n) is 3.36. The van der Waals surface area contributed by atoms with Crippen molar-refractivity contribution >= 4 is 23.2 Å². The smallest absolute Gasteiger partial charge is 0.319 e. The number of hydrogen-bond donors (Lipinski definition) is 2. The van der Waals surface area contributed by atoms with Crippen LogP contribution in [0.25, 0.3) is 5.65 Å². The van der Waals surface area contributed by atoms with Crippen LogP contribution in [0.4, 0.5) is 16.3 Å². The van der Waals surface area contributed by atoms with E-state index < -0.39 is 0 Å². The molecule has 0 radical (unpaired) electrons. The number of nitrogens with zero attached hydrogens (tertiary/aromatic N) is 5. The number of fused-ring (bicyclic) bond motifs is 1. The standard InChI is InChI=1S/C19H23N7O2/c1-13-11-25(12-14(2)28-13)16-7-6-15(9-20-16)22-19(27)21-10-18-24-23-17-5-3-4-8-26(17)18/h3-9,13-14H,10-12H2,1-2H3,(H2,21,22,27). The Labute approximate surface area is 162 Å². The van der Waals surface area contributed by atoms with Crippen molar-refractivity contribution < 1.29 is 9.53 Å². The Hall–Kier alpha value is -3.20. The van der Waals surface area contributed by atoms with E-state index in [0.29, 0.717) is 11.5 Å². The zero-order valence-corrected chi connectivity index (χ0v) is 15.9. The Balaban J connectivity index is 1.33. The van der Waals surface area contributed by atoms with Gasteiger partial charge in [0.05, 0.1) is 30.6 Å². The SMILES string of the molecule is CC1CN(c2ccc(NC(=O)NCc3nnc4ccccn34)cn2)CC(C)O1. The third-order valence-corrected chi connectivity index (χ3v) is 4.54. The van der Waals surface area contributed by atoms with Gasteiger partial charge in [-0.1, -0.05) is 6.07 Å². The number of urea groups is 1. The number of amides is 2. The van der Waals surface area contributed by atoms with Crippen LogP contribution >= 0.6 is 0 Å². The Morgan fingerprint density at radius 1 is 1.18 bits per heavy atom. The van der Waals surface area contributed by atoms with Gasteiger partial charge in [0.2, 0.25) is 0 Å². The van der Waals surface area contributed by atoms with Gasteiger partial charge < -0.3 is 20.3 Å². The molecule has 146 valence electrons. The maximum atomic E-state index is 12.2. The van der Waals surface area contributed by atoms with Gasteiger partial charge >= 0.3 is 6.03 Å². The van der Waals surface area contributed by atoms with Gasteiger partial charge in [-0.05, 0) is 38.1 Å². The van der Waals surface area contributed by atoms with Crippen LogP contribution in [0.1, 0.15) is 19.7 Å². The predicted molar refractivity (Wildman–Crippen MR) is 105 cm³/mol. The normalized spacial score (nSPS) is 19.6. The lowest BCUT2D eigenvalue weighted by Gasteiger charge is -2.36. The second-order valence-corrected chi connectivity index (χ2v) is 6.92. The molecule has 3 aromatic heterocycles. The van der Waals surface area contributed by atoms with E-state index in [4.69, 9.17) is 4.74 Å². The molecule has 0 aliphatic carbocycles. The predicted octanol–water partition coefficient (Wildman–Crippen LogP) is 2.06. The van der Waals surface area contributed by atoms with Crippen molar-refractivity contribution in [2.75, 3.05) is 23.3 Å². The molecule has 0 saturated carbocycles. The van der Waals surface area contributed by atoms with E-state index in [9.17, 15) is 4.79 Å². The van der Waals surface area contributed by atoms with E-state index >= 15 is 0 Å². The first-order valence-corrected chi connectivity index (χ1v) is 9.28. The molecule has 2 atom stereocenters. The molecule has 4 heterocycles. The maximum absolute atomic E-state index is 12.2. The fraction of sp³-hybridized carbons (Fsp3) is 0.368. The Morgan fingerprint density at radius 2 is 2.00 bits per heavy atom. The lowest BCUT2D eigenvalue weighted by atomic mass is 10.2.